The Hall–Kier alpha value is 0.177. The van der Waals surface area contributed by atoms with Gasteiger partial charge in [0.2, 0.25) is 0 Å². The van der Waals surface area contributed by atoms with E-state index in [9.17, 15) is 0 Å². The van der Waals surface area contributed by atoms with Crippen molar-refractivity contribution in [3.8, 4) is 0 Å². The standard InChI is InChI=1S/C23H48OSi/c1-2-3-4-5-6-7-8-9-10-11-12-13-14-15-16-17-20-23(25)21-18-19-22-24-23/h2-22H2,1,25H3. The molecule has 1 atom stereocenters. The molecule has 0 saturated carbocycles. The summed E-state index contributed by atoms with van der Waals surface area (Å²) in [7, 11) is 1.23. The van der Waals surface area contributed by atoms with E-state index in [1.807, 2.05) is 0 Å². The van der Waals surface area contributed by atoms with Crippen LogP contribution in [0.1, 0.15) is 135 Å². The molecular weight excluding hydrogens is 320 g/mol. The van der Waals surface area contributed by atoms with Gasteiger partial charge in [-0.2, -0.15) is 0 Å². The van der Waals surface area contributed by atoms with Crippen LogP contribution in [0, 0.1) is 0 Å². The van der Waals surface area contributed by atoms with E-state index < -0.39 is 0 Å². The van der Waals surface area contributed by atoms with Gasteiger partial charge in [0.15, 0.2) is 0 Å². The number of rotatable bonds is 17. The number of unbranched alkanes of at least 4 members (excludes halogenated alkanes) is 15. The molecule has 1 unspecified atom stereocenters. The topological polar surface area (TPSA) is 9.23 Å². The highest BCUT2D eigenvalue weighted by Crippen LogP contribution is 2.27. The third-order valence-corrected chi connectivity index (χ3v) is 7.40. The molecule has 0 aromatic rings. The van der Waals surface area contributed by atoms with Crippen LogP contribution in [0.15, 0.2) is 0 Å². The van der Waals surface area contributed by atoms with Crippen molar-refractivity contribution in [2.45, 2.75) is 141 Å². The van der Waals surface area contributed by atoms with E-state index in [4.69, 9.17) is 4.74 Å². The predicted molar refractivity (Wildman–Crippen MR) is 117 cm³/mol. The van der Waals surface area contributed by atoms with Gasteiger partial charge in [0, 0.05) is 22.1 Å². The van der Waals surface area contributed by atoms with Crippen LogP contribution in [0.2, 0.25) is 0 Å². The number of hydrogen-bond acceptors (Lipinski definition) is 1. The molecule has 1 aliphatic rings. The molecule has 0 aliphatic carbocycles. The maximum Gasteiger partial charge on any atom is 0.0486 e. The minimum atomic E-state index is 0.355. The number of ether oxygens (including phenoxy) is 1. The summed E-state index contributed by atoms with van der Waals surface area (Å²) in [6.45, 7) is 3.33. The van der Waals surface area contributed by atoms with Gasteiger partial charge in [-0.3, -0.25) is 0 Å². The third-order valence-electron chi connectivity index (χ3n) is 6.11. The summed E-state index contributed by atoms with van der Waals surface area (Å²) in [5.74, 6) is 0. The van der Waals surface area contributed by atoms with Crippen molar-refractivity contribution in [3.63, 3.8) is 0 Å². The molecule has 1 saturated heterocycles. The lowest BCUT2D eigenvalue weighted by atomic mass is 10.0. The first-order valence-electron chi connectivity index (χ1n) is 11.9. The summed E-state index contributed by atoms with van der Waals surface area (Å²) in [6.07, 6.45) is 28.7. The Morgan fingerprint density at radius 3 is 1.48 bits per heavy atom. The fourth-order valence-electron chi connectivity index (χ4n) is 4.24. The highest BCUT2D eigenvalue weighted by molar-refractivity contribution is 6.14. The molecule has 0 aromatic carbocycles. The Labute approximate surface area is 162 Å². The van der Waals surface area contributed by atoms with Gasteiger partial charge in [-0.1, -0.05) is 110 Å². The van der Waals surface area contributed by atoms with Crippen molar-refractivity contribution in [1.29, 1.82) is 0 Å². The highest BCUT2D eigenvalue weighted by Gasteiger charge is 2.26. The van der Waals surface area contributed by atoms with E-state index in [-0.39, 0.29) is 0 Å². The van der Waals surface area contributed by atoms with Gasteiger partial charge in [-0.25, -0.2) is 0 Å². The molecule has 0 N–H and O–H groups in total. The van der Waals surface area contributed by atoms with Gasteiger partial charge in [0.25, 0.3) is 0 Å². The molecule has 0 aromatic heterocycles. The van der Waals surface area contributed by atoms with Crippen LogP contribution < -0.4 is 0 Å². The molecule has 25 heavy (non-hydrogen) atoms. The van der Waals surface area contributed by atoms with Gasteiger partial charge >= 0.3 is 0 Å². The third kappa shape index (κ3) is 14.0. The Bertz CT molecular complexity index is 273. The molecular formula is C23H48OSi. The summed E-state index contributed by atoms with van der Waals surface area (Å²) in [6, 6.07) is 0. The maximum atomic E-state index is 6.05. The zero-order valence-corrected chi connectivity index (χ0v) is 19.8. The summed E-state index contributed by atoms with van der Waals surface area (Å²) >= 11 is 0. The van der Waals surface area contributed by atoms with Crippen LogP contribution in [0.25, 0.3) is 0 Å². The van der Waals surface area contributed by atoms with Crippen molar-refractivity contribution in [2.75, 3.05) is 6.61 Å². The molecule has 1 rings (SSSR count). The number of hydrogen-bond donors (Lipinski definition) is 0. The van der Waals surface area contributed by atoms with Crippen LogP contribution in [-0.2, 0) is 4.74 Å². The van der Waals surface area contributed by atoms with Gasteiger partial charge in [0.1, 0.15) is 0 Å². The lowest BCUT2D eigenvalue weighted by Gasteiger charge is -2.34. The first-order valence-corrected chi connectivity index (χ1v) is 12.9. The average molecular weight is 369 g/mol. The van der Waals surface area contributed by atoms with Crippen molar-refractivity contribution < 1.29 is 4.74 Å². The second-order valence-corrected chi connectivity index (χ2v) is 10.6. The van der Waals surface area contributed by atoms with Gasteiger partial charge < -0.3 is 4.74 Å². The smallest absolute Gasteiger partial charge is 0.0486 e. The normalized spacial score (nSPS) is 21.0. The van der Waals surface area contributed by atoms with E-state index >= 15 is 0 Å². The van der Waals surface area contributed by atoms with E-state index in [1.165, 1.54) is 139 Å². The molecule has 1 heterocycles. The summed E-state index contributed by atoms with van der Waals surface area (Å²) < 4.78 is 6.05. The fourth-order valence-corrected chi connectivity index (χ4v) is 5.15. The highest BCUT2D eigenvalue weighted by atomic mass is 28.1. The molecule has 150 valence electrons. The minimum absolute atomic E-state index is 0.355. The first kappa shape index (κ1) is 23.2. The minimum Gasteiger partial charge on any atom is -0.380 e. The van der Waals surface area contributed by atoms with Gasteiger partial charge in [0.05, 0.1) is 0 Å². The van der Waals surface area contributed by atoms with E-state index in [2.05, 4.69) is 6.92 Å². The molecule has 0 spiro atoms. The Morgan fingerprint density at radius 2 is 1.08 bits per heavy atom. The Morgan fingerprint density at radius 1 is 0.640 bits per heavy atom. The maximum absolute atomic E-state index is 6.05. The zero-order valence-electron chi connectivity index (χ0n) is 17.8. The monoisotopic (exact) mass is 368 g/mol. The Balaban J connectivity index is 1.72. The van der Waals surface area contributed by atoms with Crippen molar-refractivity contribution in [1.82, 2.24) is 0 Å². The van der Waals surface area contributed by atoms with Crippen LogP contribution in [0.5, 0.6) is 0 Å². The van der Waals surface area contributed by atoms with Crippen molar-refractivity contribution >= 4 is 10.2 Å². The van der Waals surface area contributed by atoms with Crippen molar-refractivity contribution in [3.05, 3.63) is 0 Å². The average Bonchev–Trinajstić information content (AvgIpc) is 2.62. The molecule has 0 radical (unpaired) electrons. The largest absolute Gasteiger partial charge is 0.380 e. The molecule has 1 nitrogen and oxygen atoms in total. The summed E-state index contributed by atoms with van der Waals surface area (Å²) in [5.41, 5.74) is 0. The summed E-state index contributed by atoms with van der Waals surface area (Å²) in [4.78, 5) is 0. The second kappa shape index (κ2) is 16.4. The molecule has 0 bridgehead atoms. The van der Waals surface area contributed by atoms with E-state index in [1.54, 1.807) is 0 Å². The van der Waals surface area contributed by atoms with Gasteiger partial charge in [-0.05, 0) is 25.7 Å². The van der Waals surface area contributed by atoms with Crippen LogP contribution in [0.3, 0.4) is 0 Å². The first-order chi connectivity index (χ1) is 12.3. The van der Waals surface area contributed by atoms with Crippen LogP contribution in [0.4, 0.5) is 0 Å². The quantitative estimate of drug-likeness (QED) is 0.200. The predicted octanol–water partition coefficient (Wildman–Crippen LogP) is 6.90. The lowest BCUT2D eigenvalue weighted by Crippen LogP contribution is -2.36. The molecule has 1 fully saturated rings. The van der Waals surface area contributed by atoms with E-state index in [0.29, 0.717) is 5.22 Å². The Kier molecular flexibility index (Phi) is 15.2. The second-order valence-electron chi connectivity index (χ2n) is 8.81. The fraction of sp³-hybridized carbons (Fsp3) is 1.00. The van der Waals surface area contributed by atoms with Crippen LogP contribution >= 0.6 is 0 Å². The molecule has 1 aliphatic heterocycles. The van der Waals surface area contributed by atoms with Crippen molar-refractivity contribution in [2.24, 2.45) is 0 Å². The van der Waals surface area contributed by atoms with Crippen LogP contribution in [-0.4, -0.2) is 22.1 Å². The molecule has 0 amide bonds. The van der Waals surface area contributed by atoms with Gasteiger partial charge in [-0.15, -0.1) is 0 Å². The SMILES string of the molecule is CCCCCCCCCCCCCCCCCCC1([SiH3])CCCCO1. The lowest BCUT2D eigenvalue weighted by molar-refractivity contribution is -0.0240. The summed E-state index contributed by atoms with van der Waals surface area (Å²) in [5, 5.41) is 0.355. The van der Waals surface area contributed by atoms with E-state index in [0.717, 1.165) is 6.61 Å². The molecule has 2 heteroatoms. The zero-order chi connectivity index (χ0) is 18.1.